The molecule has 1 unspecified atom stereocenters. The average molecular weight is 287 g/mol. The predicted octanol–water partition coefficient (Wildman–Crippen LogP) is 2.46. The van der Waals surface area contributed by atoms with Gasteiger partial charge in [0.25, 0.3) is 0 Å². The lowest BCUT2D eigenvalue weighted by molar-refractivity contribution is 0.284. The van der Waals surface area contributed by atoms with E-state index in [9.17, 15) is 5.11 Å². The van der Waals surface area contributed by atoms with Gasteiger partial charge in [-0.3, -0.25) is 0 Å². The molecule has 2 aromatic carbocycles. The molecule has 0 aromatic heterocycles. The smallest absolute Gasteiger partial charge is 0.124 e. The van der Waals surface area contributed by atoms with Crippen LogP contribution in [0.5, 0.6) is 11.5 Å². The van der Waals surface area contributed by atoms with E-state index >= 15 is 0 Å². The number of aliphatic hydroxyl groups is 1. The molecule has 2 aromatic rings. The maximum Gasteiger partial charge on any atom is 0.124 e. The van der Waals surface area contributed by atoms with Crippen molar-refractivity contribution in [1.82, 2.24) is 5.32 Å². The Bertz CT molecular complexity index is 557. The first-order valence-corrected chi connectivity index (χ1v) is 7.02. The van der Waals surface area contributed by atoms with E-state index < -0.39 is 0 Å². The van der Waals surface area contributed by atoms with Gasteiger partial charge >= 0.3 is 0 Å². The fraction of sp³-hybridized carbons (Fsp3) is 0.294. The lowest BCUT2D eigenvalue weighted by Crippen LogP contribution is -2.24. The van der Waals surface area contributed by atoms with Gasteiger partial charge in [0.2, 0.25) is 0 Å². The molecule has 0 aliphatic heterocycles. The van der Waals surface area contributed by atoms with E-state index in [2.05, 4.69) is 5.32 Å². The summed E-state index contributed by atoms with van der Waals surface area (Å²) >= 11 is 0. The lowest BCUT2D eigenvalue weighted by atomic mass is 9.97. The van der Waals surface area contributed by atoms with E-state index in [4.69, 9.17) is 9.84 Å². The second-order valence-electron chi connectivity index (χ2n) is 4.80. The Balaban J connectivity index is 2.30. The van der Waals surface area contributed by atoms with Gasteiger partial charge in [-0.15, -0.1) is 0 Å². The summed E-state index contributed by atoms with van der Waals surface area (Å²) in [7, 11) is 1.57. The summed E-state index contributed by atoms with van der Waals surface area (Å²) in [5.74, 6) is 0.818. The number of ether oxygens (including phenoxy) is 1. The Morgan fingerprint density at radius 3 is 2.52 bits per heavy atom. The summed E-state index contributed by atoms with van der Waals surface area (Å²) in [6.07, 6.45) is 0.667. The third-order valence-electron chi connectivity index (χ3n) is 3.36. The molecule has 2 rings (SSSR count). The van der Waals surface area contributed by atoms with Crippen LogP contribution in [0.3, 0.4) is 0 Å². The highest BCUT2D eigenvalue weighted by molar-refractivity contribution is 5.45. The monoisotopic (exact) mass is 287 g/mol. The predicted molar refractivity (Wildman–Crippen MR) is 82.6 cm³/mol. The summed E-state index contributed by atoms with van der Waals surface area (Å²) in [5.41, 5.74) is 1.86. The number of phenolic OH excluding ortho intramolecular Hbond substituents is 1. The van der Waals surface area contributed by atoms with Crippen LogP contribution in [0.25, 0.3) is 0 Å². The fourth-order valence-electron chi connectivity index (χ4n) is 2.27. The van der Waals surface area contributed by atoms with Crippen LogP contribution in [-0.4, -0.2) is 30.5 Å². The van der Waals surface area contributed by atoms with Gasteiger partial charge in [0.1, 0.15) is 11.5 Å². The Morgan fingerprint density at radius 1 is 1.14 bits per heavy atom. The molecule has 4 nitrogen and oxygen atoms in total. The number of methoxy groups -OCH3 is 1. The van der Waals surface area contributed by atoms with Gasteiger partial charge in [-0.2, -0.15) is 0 Å². The third kappa shape index (κ3) is 3.97. The zero-order valence-corrected chi connectivity index (χ0v) is 12.1. The first-order valence-electron chi connectivity index (χ1n) is 7.02. The minimum Gasteiger partial charge on any atom is -0.507 e. The topological polar surface area (TPSA) is 61.7 Å². The second kappa shape index (κ2) is 7.67. The SMILES string of the molecule is COc1ccc(C(NCCCO)c2ccccc2)c(O)c1. The zero-order chi connectivity index (χ0) is 15.1. The highest BCUT2D eigenvalue weighted by Crippen LogP contribution is 2.32. The second-order valence-corrected chi connectivity index (χ2v) is 4.80. The van der Waals surface area contributed by atoms with E-state index in [1.165, 1.54) is 0 Å². The normalized spacial score (nSPS) is 12.1. The van der Waals surface area contributed by atoms with Crippen molar-refractivity contribution in [3.8, 4) is 11.5 Å². The molecule has 0 saturated heterocycles. The van der Waals surface area contributed by atoms with Crippen molar-refractivity contribution in [3.63, 3.8) is 0 Å². The van der Waals surface area contributed by atoms with E-state index in [0.29, 0.717) is 18.7 Å². The number of phenols is 1. The molecule has 0 saturated carbocycles. The number of nitrogens with one attached hydrogen (secondary N) is 1. The fourth-order valence-corrected chi connectivity index (χ4v) is 2.27. The maximum absolute atomic E-state index is 10.2. The largest absolute Gasteiger partial charge is 0.507 e. The molecule has 3 N–H and O–H groups in total. The number of benzene rings is 2. The molecule has 0 radical (unpaired) electrons. The molecule has 0 aliphatic carbocycles. The van der Waals surface area contributed by atoms with Gasteiger partial charge in [-0.1, -0.05) is 30.3 Å². The first kappa shape index (κ1) is 15.4. The van der Waals surface area contributed by atoms with Gasteiger partial charge in [0.05, 0.1) is 13.2 Å². The minimum absolute atomic E-state index is 0.122. The first-order chi connectivity index (χ1) is 10.3. The van der Waals surface area contributed by atoms with E-state index in [1.54, 1.807) is 13.2 Å². The number of hydrogen-bond donors (Lipinski definition) is 3. The molecule has 0 fully saturated rings. The summed E-state index contributed by atoms with van der Waals surface area (Å²) < 4.78 is 5.12. The number of rotatable bonds is 7. The van der Waals surface area contributed by atoms with Crippen molar-refractivity contribution < 1.29 is 14.9 Å². The lowest BCUT2D eigenvalue weighted by Gasteiger charge is -2.21. The third-order valence-corrected chi connectivity index (χ3v) is 3.36. The van der Waals surface area contributed by atoms with Crippen LogP contribution in [0.15, 0.2) is 48.5 Å². The van der Waals surface area contributed by atoms with Crippen LogP contribution in [-0.2, 0) is 0 Å². The van der Waals surface area contributed by atoms with Gasteiger partial charge in [0, 0.05) is 18.2 Å². The summed E-state index contributed by atoms with van der Waals surface area (Å²) in [4.78, 5) is 0. The molecule has 4 heteroatoms. The van der Waals surface area contributed by atoms with E-state index in [0.717, 1.165) is 11.1 Å². The van der Waals surface area contributed by atoms with Gasteiger partial charge in [-0.25, -0.2) is 0 Å². The number of aliphatic hydroxyl groups excluding tert-OH is 1. The average Bonchev–Trinajstić information content (AvgIpc) is 2.53. The Hall–Kier alpha value is -2.04. The van der Waals surface area contributed by atoms with E-state index in [1.807, 2.05) is 42.5 Å². The Morgan fingerprint density at radius 2 is 1.90 bits per heavy atom. The molecule has 0 amide bonds. The van der Waals surface area contributed by atoms with Crippen LogP contribution in [0.4, 0.5) is 0 Å². The summed E-state index contributed by atoms with van der Waals surface area (Å²) in [6.45, 7) is 0.810. The highest BCUT2D eigenvalue weighted by Gasteiger charge is 2.17. The molecule has 0 heterocycles. The van der Waals surface area contributed by atoms with Crippen LogP contribution >= 0.6 is 0 Å². The van der Waals surface area contributed by atoms with Crippen LogP contribution in [0.2, 0.25) is 0 Å². The van der Waals surface area contributed by atoms with Crippen molar-refractivity contribution in [2.24, 2.45) is 0 Å². The zero-order valence-electron chi connectivity index (χ0n) is 12.1. The van der Waals surface area contributed by atoms with Gasteiger partial charge in [-0.05, 0) is 30.7 Å². The molecular weight excluding hydrogens is 266 g/mol. The van der Waals surface area contributed by atoms with E-state index in [-0.39, 0.29) is 18.4 Å². The minimum atomic E-state index is -0.122. The van der Waals surface area contributed by atoms with Crippen molar-refractivity contribution in [1.29, 1.82) is 0 Å². The molecule has 0 bridgehead atoms. The Labute approximate surface area is 125 Å². The highest BCUT2D eigenvalue weighted by atomic mass is 16.5. The molecule has 21 heavy (non-hydrogen) atoms. The van der Waals surface area contributed by atoms with Crippen LogP contribution in [0, 0.1) is 0 Å². The van der Waals surface area contributed by atoms with Crippen molar-refractivity contribution >= 4 is 0 Å². The molecule has 1 atom stereocenters. The summed E-state index contributed by atoms with van der Waals surface area (Å²) in [5, 5.41) is 22.5. The van der Waals surface area contributed by atoms with Gasteiger partial charge in [0.15, 0.2) is 0 Å². The molecular formula is C17H21NO3. The molecule has 0 aliphatic rings. The van der Waals surface area contributed by atoms with Crippen LogP contribution in [0.1, 0.15) is 23.6 Å². The van der Waals surface area contributed by atoms with Crippen LogP contribution < -0.4 is 10.1 Å². The van der Waals surface area contributed by atoms with Crippen molar-refractivity contribution in [2.45, 2.75) is 12.5 Å². The van der Waals surface area contributed by atoms with Crippen molar-refractivity contribution in [3.05, 3.63) is 59.7 Å². The number of hydrogen-bond acceptors (Lipinski definition) is 4. The Kier molecular flexibility index (Phi) is 5.60. The summed E-state index contributed by atoms with van der Waals surface area (Å²) in [6, 6.07) is 15.1. The molecule has 112 valence electrons. The number of aromatic hydroxyl groups is 1. The quantitative estimate of drug-likeness (QED) is 0.685. The standard InChI is InChI=1S/C17H21NO3/c1-21-14-8-9-15(16(20)12-14)17(18-10-5-11-19)13-6-3-2-4-7-13/h2-4,6-9,12,17-20H,5,10-11H2,1H3. The molecule has 0 spiro atoms. The maximum atomic E-state index is 10.2. The van der Waals surface area contributed by atoms with Crippen molar-refractivity contribution in [2.75, 3.05) is 20.3 Å². The van der Waals surface area contributed by atoms with Gasteiger partial charge < -0.3 is 20.3 Å².